The third-order valence-corrected chi connectivity index (χ3v) is 3.98. The van der Waals surface area contributed by atoms with Gasteiger partial charge in [-0.25, -0.2) is 0 Å². The first-order chi connectivity index (χ1) is 12.6. The lowest BCUT2D eigenvalue weighted by atomic mass is 10.2. The smallest absolute Gasteiger partial charge is 0.273 e. The Morgan fingerprint density at radius 3 is 2.81 bits per heavy atom. The lowest BCUT2D eigenvalue weighted by molar-refractivity contribution is -0.117. The molecule has 9 heteroatoms. The molecule has 0 unspecified atom stereocenters. The maximum absolute atomic E-state index is 12.4. The number of nitrogens with zero attached hydrogens (tertiary/aromatic N) is 4. The van der Waals surface area contributed by atoms with Crippen molar-refractivity contribution in [3.8, 4) is 0 Å². The zero-order chi connectivity index (χ0) is 18.1. The maximum Gasteiger partial charge on any atom is 0.273 e. The number of amides is 2. The number of hydrogen-bond acceptors (Lipinski definition) is 5. The molecule has 1 atom stereocenters. The molecule has 0 radical (unpaired) electrons. The van der Waals surface area contributed by atoms with Gasteiger partial charge in [-0.1, -0.05) is 24.3 Å². The molecular weight excluding hydrogens is 334 g/mol. The summed E-state index contributed by atoms with van der Waals surface area (Å²) < 4.78 is 1.65. The van der Waals surface area contributed by atoms with Gasteiger partial charge >= 0.3 is 0 Å². The molecule has 0 aliphatic rings. The van der Waals surface area contributed by atoms with Crippen LogP contribution in [0.1, 0.15) is 17.4 Å². The number of benzene rings is 1. The number of H-pyrrole nitrogens is 1. The molecule has 4 rings (SSSR count). The summed E-state index contributed by atoms with van der Waals surface area (Å²) in [5.74, 6) is -0.551. The number of aromatic amines is 1. The van der Waals surface area contributed by atoms with Gasteiger partial charge in [0.1, 0.15) is 6.04 Å². The minimum atomic E-state index is -0.783. The van der Waals surface area contributed by atoms with Crippen LogP contribution in [-0.2, 0) is 4.79 Å². The number of aromatic nitrogens is 5. The van der Waals surface area contributed by atoms with Crippen molar-refractivity contribution < 1.29 is 9.59 Å². The van der Waals surface area contributed by atoms with Crippen molar-refractivity contribution in [3.05, 3.63) is 54.4 Å². The Kier molecular flexibility index (Phi) is 3.81. The largest absolute Gasteiger partial charge is 0.339 e. The van der Waals surface area contributed by atoms with Gasteiger partial charge in [0.2, 0.25) is 11.9 Å². The molecule has 0 aliphatic carbocycles. The number of para-hydroxylation sites is 1. The van der Waals surface area contributed by atoms with E-state index in [9.17, 15) is 9.59 Å². The number of carbonyl (C=O) groups excluding carboxylic acids is 2. The first-order valence-corrected chi connectivity index (χ1v) is 7.98. The van der Waals surface area contributed by atoms with E-state index in [1.54, 1.807) is 35.7 Å². The van der Waals surface area contributed by atoms with E-state index in [4.69, 9.17) is 0 Å². The minimum absolute atomic E-state index is 0.244. The van der Waals surface area contributed by atoms with E-state index in [0.717, 1.165) is 5.52 Å². The van der Waals surface area contributed by atoms with E-state index in [2.05, 4.69) is 31.0 Å². The summed E-state index contributed by atoms with van der Waals surface area (Å²) in [7, 11) is 0. The standard InChI is InChI=1S/C17H15N7O2/c1-10(15(25)19-17-23-21-13-8-4-5-9-24(13)17)18-16(26)14-11-6-2-3-7-12(11)20-22-14/h2-10H,1H3,(H,18,26)(H,20,22)(H,19,23,25)/t10-/m1/s1. The van der Waals surface area contributed by atoms with Crippen LogP contribution in [0.25, 0.3) is 16.6 Å². The summed E-state index contributed by atoms with van der Waals surface area (Å²) >= 11 is 0. The fourth-order valence-electron chi connectivity index (χ4n) is 2.61. The van der Waals surface area contributed by atoms with Crippen LogP contribution < -0.4 is 10.6 Å². The summed E-state index contributed by atoms with van der Waals surface area (Å²) in [4.78, 5) is 24.8. The Hall–Kier alpha value is -3.75. The normalized spacial score (nSPS) is 12.2. The minimum Gasteiger partial charge on any atom is -0.339 e. The van der Waals surface area contributed by atoms with Crippen LogP contribution in [0.5, 0.6) is 0 Å². The summed E-state index contributed by atoms with van der Waals surface area (Å²) in [6.45, 7) is 1.59. The third kappa shape index (κ3) is 2.75. The van der Waals surface area contributed by atoms with E-state index in [-0.39, 0.29) is 11.6 Å². The number of rotatable bonds is 4. The molecule has 130 valence electrons. The van der Waals surface area contributed by atoms with Crippen molar-refractivity contribution in [1.29, 1.82) is 0 Å². The van der Waals surface area contributed by atoms with Crippen molar-refractivity contribution in [2.75, 3.05) is 5.32 Å². The molecule has 0 fully saturated rings. The van der Waals surface area contributed by atoms with Crippen molar-refractivity contribution in [3.63, 3.8) is 0 Å². The topological polar surface area (TPSA) is 117 Å². The highest BCUT2D eigenvalue weighted by Gasteiger charge is 2.21. The molecule has 9 nitrogen and oxygen atoms in total. The Labute approximate surface area is 147 Å². The lowest BCUT2D eigenvalue weighted by Crippen LogP contribution is -2.42. The second kappa shape index (κ2) is 6.28. The van der Waals surface area contributed by atoms with Gasteiger partial charge in [-0.3, -0.25) is 24.4 Å². The third-order valence-electron chi connectivity index (χ3n) is 3.98. The highest BCUT2D eigenvalue weighted by Crippen LogP contribution is 2.15. The van der Waals surface area contributed by atoms with Gasteiger partial charge in [-0.2, -0.15) is 5.10 Å². The molecule has 0 spiro atoms. The van der Waals surface area contributed by atoms with E-state index in [0.29, 0.717) is 11.0 Å². The van der Waals surface area contributed by atoms with Crippen LogP contribution in [-0.4, -0.2) is 42.7 Å². The fraction of sp³-hybridized carbons (Fsp3) is 0.118. The predicted octanol–water partition coefficient (Wildman–Crippen LogP) is 1.36. The molecule has 0 saturated heterocycles. The number of fused-ring (bicyclic) bond motifs is 2. The molecule has 0 saturated carbocycles. The number of carbonyl (C=O) groups is 2. The van der Waals surface area contributed by atoms with Gasteiger partial charge in [0.05, 0.1) is 5.52 Å². The zero-order valence-electron chi connectivity index (χ0n) is 13.8. The van der Waals surface area contributed by atoms with Gasteiger partial charge in [-0.15, -0.1) is 10.2 Å². The monoisotopic (exact) mass is 349 g/mol. The van der Waals surface area contributed by atoms with Crippen molar-refractivity contribution in [2.24, 2.45) is 0 Å². The molecule has 2 amide bonds. The molecule has 4 aromatic rings. The molecular formula is C17H15N7O2. The number of hydrogen-bond donors (Lipinski definition) is 3. The Bertz CT molecular complexity index is 1110. The van der Waals surface area contributed by atoms with Crippen LogP contribution in [0.4, 0.5) is 5.95 Å². The quantitative estimate of drug-likeness (QED) is 0.514. The van der Waals surface area contributed by atoms with Gasteiger partial charge in [-0.05, 0) is 25.1 Å². The first kappa shape index (κ1) is 15.8. The average molecular weight is 349 g/mol. The van der Waals surface area contributed by atoms with E-state index >= 15 is 0 Å². The van der Waals surface area contributed by atoms with Crippen LogP contribution in [0.3, 0.4) is 0 Å². The van der Waals surface area contributed by atoms with E-state index in [1.165, 1.54) is 0 Å². The van der Waals surface area contributed by atoms with Crippen LogP contribution >= 0.6 is 0 Å². The molecule has 3 N–H and O–H groups in total. The van der Waals surface area contributed by atoms with Gasteiger partial charge in [0.15, 0.2) is 11.3 Å². The van der Waals surface area contributed by atoms with Gasteiger partial charge in [0.25, 0.3) is 5.91 Å². The Balaban J connectivity index is 1.48. The van der Waals surface area contributed by atoms with Crippen molar-refractivity contribution in [2.45, 2.75) is 13.0 Å². The van der Waals surface area contributed by atoms with Gasteiger partial charge < -0.3 is 5.32 Å². The lowest BCUT2D eigenvalue weighted by Gasteiger charge is -2.12. The molecule has 0 bridgehead atoms. The summed E-state index contributed by atoms with van der Waals surface area (Å²) in [6.07, 6.45) is 1.74. The molecule has 3 aromatic heterocycles. The zero-order valence-corrected chi connectivity index (χ0v) is 13.8. The SMILES string of the molecule is C[C@@H](NC(=O)c1n[nH]c2ccccc12)C(=O)Nc1nnc2ccccn12. The molecule has 0 aliphatic heterocycles. The second-order valence-electron chi connectivity index (χ2n) is 5.75. The maximum atomic E-state index is 12.4. The first-order valence-electron chi connectivity index (χ1n) is 7.98. The van der Waals surface area contributed by atoms with Crippen LogP contribution in [0, 0.1) is 0 Å². The molecule has 26 heavy (non-hydrogen) atoms. The number of pyridine rings is 1. The van der Waals surface area contributed by atoms with E-state index < -0.39 is 17.9 Å². The summed E-state index contributed by atoms with van der Waals surface area (Å²) in [6, 6.07) is 11.9. The van der Waals surface area contributed by atoms with Crippen LogP contribution in [0.15, 0.2) is 48.7 Å². The Morgan fingerprint density at radius 2 is 1.92 bits per heavy atom. The highest BCUT2D eigenvalue weighted by atomic mass is 16.2. The van der Waals surface area contributed by atoms with Crippen LogP contribution in [0.2, 0.25) is 0 Å². The Morgan fingerprint density at radius 1 is 1.12 bits per heavy atom. The van der Waals surface area contributed by atoms with Crippen molar-refractivity contribution >= 4 is 34.3 Å². The van der Waals surface area contributed by atoms with Crippen molar-refractivity contribution in [1.82, 2.24) is 30.1 Å². The summed E-state index contributed by atoms with van der Waals surface area (Å²) in [5.41, 5.74) is 1.61. The second-order valence-corrected chi connectivity index (χ2v) is 5.75. The average Bonchev–Trinajstić information content (AvgIpc) is 3.26. The molecule has 1 aromatic carbocycles. The summed E-state index contributed by atoms with van der Waals surface area (Å²) in [5, 5.41) is 20.7. The van der Waals surface area contributed by atoms with Gasteiger partial charge in [0, 0.05) is 11.6 Å². The predicted molar refractivity (Wildman–Crippen MR) is 94.6 cm³/mol. The highest BCUT2D eigenvalue weighted by molar-refractivity contribution is 6.06. The number of anilines is 1. The molecule has 3 heterocycles. The van der Waals surface area contributed by atoms with E-state index in [1.807, 2.05) is 24.3 Å². The fourth-order valence-corrected chi connectivity index (χ4v) is 2.61. The number of nitrogens with one attached hydrogen (secondary N) is 3.